The topological polar surface area (TPSA) is 48.0 Å². The van der Waals surface area contributed by atoms with Crippen LogP contribution in [0.25, 0.3) is 10.9 Å². The molecule has 1 saturated heterocycles. The first-order valence-electron chi connectivity index (χ1n) is 6.85. The summed E-state index contributed by atoms with van der Waals surface area (Å²) in [5, 5.41) is 14.5. The van der Waals surface area contributed by atoms with E-state index in [4.69, 9.17) is 0 Å². The number of aliphatic hydroxyl groups is 1. The van der Waals surface area contributed by atoms with E-state index < -0.39 is 0 Å². The van der Waals surface area contributed by atoms with Gasteiger partial charge in [0.15, 0.2) is 0 Å². The van der Waals surface area contributed by atoms with E-state index in [1.165, 1.54) is 34.9 Å². The van der Waals surface area contributed by atoms with Gasteiger partial charge in [-0.15, -0.1) is 0 Å². The molecule has 0 radical (unpaired) electrons. The molecule has 0 bridgehead atoms. The highest BCUT2D eigenvalue weighted by Crippen LogP contribution is 2.41. The van der Waals surface area contributed by atoms with Gasteiger partial charge in [-0.3, -0.25) is 0 Å². The van der Waals surface area contributed by atoms with E-state index in [1.54, 1.807) is 0 Å². The lowest BCUT2D eigenvalue weighted by molar-refractivity contribution is 0.274. The molecule has 3 heteroatoms. The van der Waals surface area contributed by atoms with Crippen molar-refractivity contribution in [3.05, 3.63) is 35.0 Å². The van der Waals surface area contributed by atoms with Crippen LogP contribution in [-0.2, 0) is 13.0 Å². The summed E-state index contributed by atoms with van der Waals surface area (Å²) in [6.45, 7) is 1.24. The first-order valence-corrected chi connectivity index (χ1v) is 6.85. The highest BCUT2D eigenvalue weighted by Gasteiger charge is 2.33. The standard InChI is InChI=1S/C15H18N2O/c18-8-14-11-7-13-9(4-2-6-16-13)10-3-1-5-12(17-14)15(10)11/h1,3,5,9,13,16-18H,2,4,6-8H2/t9-,13-/m1/s1. The average Bonchev–Trinajstić information content (AvgIpc) is 2.79. The number of rotatable bonds is 1. The van der Waals surface area contributed by atoms with Gasteiger partial charge in [-0.2, -0.15) is 0 Å². The van der Waals surface area contributed by atoms with Gasteiger partial charge in [0.05, 0.1) is 6.61 Å². The second-order valence-corrected chi connectivity index (χ2v) is 5.52. The number of aromatic amines is 1. The average molecular weight is 242 g/mol. The molecule has 0 spiro atoms. The molecule has 2 aromatic rings. The molecular formula is C15H18N2O. The fourth-order valence-corrected chi connectivity index (χ4v) is 3.83. The van der Waals surface area contributed by atoms with E-state index in [0.717, 1.165) is 18.7 Å². The van der Waals surface area contributed by atoms with Gasteiger partial charge in [0.1, 0.15) is 0 Å². The minimum absolute atomic E-state index is 0.112. The van der Waals surface area contributed by atoms with Crippen LogP contribution in [0.5, 0.6) is 0 Å². The summed E-state index contributed by atoms with van der Waals surface area (Å²) in [6, 6.07) is 7.08. The molecule has 2 heterocycles. The number of benzene rings is 1. The van der Waals surface area contributed by atoms with Gasteiger partial charge >= 0.3 is 0 Å². The molecule has 94 valence electrons. The van der Waals surface area contributed by atoms with Crippen molar-refractivity contribution in [3.63, 3.8) is 0 Å². The molecule has 1 aromatic heterocycles. The van der Waals surface area contributed by atoms with Gasteiger partial charge in [-0.05, 0) is 43.0 Å². The molecule has 3 nitrogen and oxygen atoms in total. The maximum Gasteiger partial charge on any atom is 0.0834 e. The number of H-pyrrole nitrogens is 1. The third-order valence-electron chi connectivity index (χ3n) is 4.61. The zero-order chi connectivity index (χ0) is 12.1. The Balaban J connectivity index is 1.98. The summed E-state index contributed by atoms with van der Waals surface area (Å²) in [5.41, 5.74) is 5.00. The molecule has 2 aliphatic rings. The molecular weight excluding hydrogens is 224 g/mol. The van der Waals surface area contributed by atoms with Crippen molar-refractivity contribution in [2.45, 2.75) is 37.8 Å². The monoisotopic (exact) mass is 242 g/mol. The molecule has 18 heavy (non-hydrogen) atoms. The highest BCUT2D eigenvalue weighted by atomic mass is 16.3. The zero-order valence-corrected chi connectivity index (χ0v) is 10.4. The summed E-state index contributed by atoms with van der Waals surface area (Å²) >= 11 is 0. The Kier molecular flexibility index (Phi) is 2.26. The molecule has 3 N–H and O–H groups in total. The highest BCUT2D eigenvalue weighted by molar-refractivity contribution is 5.89. The van der Waals surface area contributed by atoms with Crippen molar-refractivity contribution in [3.8, 4) is 0 Å². The fourth-order valence-electron chi connectivity index (χ4n) is 3.83. The number of piperidine rings is 1. The normalized spacial score (nSPS) is 26.3. The van der Waals surface area contributed by atoms with Crippen LogP contribution >= 0.6 is 0 Å². The summed E-state index contributed by atoms with van der Waals surface area (Å²) in [7, 11) is 0. The van der Waals surface area contributed by atoms with E-state index in [1.807, 2.05) is 0 Å². The van der Waals surface area contributed by atoms with Crippen LogP contribution in [0.15, 0.2) is 18.2 Å². The molecule has 4 rings (SSSR count). The Labute approximate surface area is 106 Å². The van der Waals surface area contributed by atoms with E-state index in [0.29, 0.717) is 12.0 Å². The van der Waals surface area contributed by atoms with E-state index in [9.17, 15) is 5.11 Å². The first-order chi connectivity index (χ1) is 8.88. The Hall–Kier alpha value is -1.32. The number of hydrogen-bond donors (Lipinski definition) is 3. The van der Waals surface area contributed by atoms with Gasteiger partial charge in [-0.25, -0.2) is 0 Å². The molecule has 0 unspecified atom stereocenters. The predicted octanol–water partition coefficient (Wildman–Crippen LogP) is 2.05. The quantitative estimate of drug-likeness (QED) is 0.717. The lowest BCUT2D eigenvalue weighted by Crippen LogP contribution is -2.43. The Morgan fingerprint density at radius 1 is 1.33 bits per heavy atom. The van der Waals surface area contributed by atoms with Crippen LogP contribution in [0.1, 0.15) is 35.6 Å². The molecule has 1 aliphatic carbocycles. The molecule has 1 aliphatic heterocycles. The van der Waals surface area contributed by atoms with Crippen LogP contribution < -0.4 is 5.32 Å². The molecule has 1 aromatic carbocycles. The minimum atomic E-state index is 0.112. The Morgan fingerprint density at radius 3 is 3.17 bits per heavy atom. The molecule has 1 fully saturated rings. The predicted molar refractivity (Wildman–Crippen MR) is 71.7 cm³/mol. The SMILES string of the molecule is OCc1[nH]c2cccc3c2c1C[C@H]1NCCC[C@H]31. The second-order valence-electron chi connectivity index (χ2n) is 5.52. The Bertz CT molecular complexity index is 602. The van der Waals surface area contributed by atoms with Crippen LogP contribution in [0.4, 0.5) is 0 Å². The van der Waals surface area contributed by atoms with Crippen molar-refractivity contribution in [2.24, 2.45) is 0 Å². The molecule has 0 saturated carbocycles. The molecule has 0 amide bonds. The van der Waals surface area contributed by atoms with Crippen LogP contribution in [0.3, 0.4) is 0 Å². The van der Waals surface area contributed by atoms with Crippen molar-refractivity contribution < 1.29 is 5.11 Å². The first kappa shape index (κ1) is 10.6. The largest absolute Gasteiger partial charge is 0.390 e. The summed E-state index contributed by atoms with van der Waals surface area (Å²) < 4.78 is 0. The maximum atomic E-state index is 9.51. The van der Waals surface area contributed by atoms with E-state index >= 15 is 0 Å². The summed E-state index contributed by atoms with van der Waals surface area (Å²) in [6.07, 6.45) is 3.61. The van der Waals surface area contributed by atoms with Gasteiger partial charge in [0, 0.05) is 28.6 Å². The lowest BCUT2D eigenvalue weighted by atomic mass is 9.75. The van der Waals surface area contributed by atoms with E-state index in [-0.39, 0.29) is 6.61 Å². The molecule has 2 atom stereocenters. The summed E-state index contributed by atoms with van der Waals surface area (Å²) in [4.78, 5) is 3.38. The fraction of sp³-hybridized carbons (Fsp3) is 0.467. The maximum absolute atomic E-state index is 9.51. The smallest absolute Gasteiger partial charge is 0.0834 e. The van der Waals surface area contributed by atoms with Crippen molar-refractivity contribution in [2.75, 3.05) is 6.54 Å². The number of nitrogens with one attached hydrogen (secondary N) is 2. The third-order valence-corrected chi connectivity index (χ3v) is 4.61. The van der Waals surface area contributed by atoms with Crippen molar-refractivity contribution in [1.29, 1.82) is 0 Å². The number of aliphatic hydroxyl groups excluding tert-OH is 1. The van der Waals surface area contributed by atoms with Gasteiger partial charge in [-0.1, -0.05) is 12.1 Å². The van der Waals surface area contributed by atoms with Gasteiger partial charge in [0.2, 0.25) is 0 Å². The third kappa shape index (κ3) is 1.32. The minimum Gasteiger partial charge on any atom is -0.390 e. The van der Waals surface area contributed by atoms with Gasteiger partial charge in [0.25, 0.3) is 0 Å². The van der Waals surface area contributed by atoms with E-state index in [2.05, 4.69) is 28.5 Å². The van der Waals surface area contributed by atoms with Crippen molar-refractivity contribution >= 4 is 10.9 Å². The van der Waals surface area contributed by atoms with Gasteiger partial charge < -0.3 is 15.4 Å². The van der Waals surface area contributed by atoms with Crippen LogP contribution in [0.2, 0.25) is 0 Å². The number of aromatic nitrogens is 1. The van der Waals surface area contributed by atoms with Crippen LogP contribution in [-0.4, -0.2) is 22.7 Å². The van der Waals surface area contributed by atoms with Crippen LogP contribution in [0, 0.1) is 0 Å². The Morgan fingerprint density at radius 2 is 2.28 bits per heavy atom. The zero-order valence-electron chi connectivity index (χ0n) is 10.4. The number of hydrogen-bond acceptors (Lipinski definition) is 2. The lowest BCUT2D eigenvalue weighted by Gasteiger charge is -2.37. The van der Waals surface area contributed by atoms with Crippen molar-refractivity contribution in [1.82, 2.24) is 10.3 Å². The second kappa shape index (κ2) is 3.84. The number of fused-ring (bicyclic) bond motifs is 2. The summed E-state index contributed by atoms with van der Waals surface area (Å²) in [5.74, 6) is 0.650.